The van der Waals surface area contributed by atoms with Crippen LogP contribution in [0.1, 0.15) is 31.1 Å². The Morgan fingerprint density at radius 2 is 2.20 bits per heavy atom. The van der Waals surface area contributed by atoms with Crippen molar-refractivity contribution < 1.29 is 8.91 Å². The number of benzene rings is 1. The third-order valence-corrected chi connectivity index (χ3v) is 4.22. The highest BCUT2D eigenvalue weighted by Gasteiger charge is 2.31. The first kappa shape index (κ1) is 13.7. The topological polar surface area (TPSA) is 51.0 Å². The summed E-state index contributed by atoms with van der Waals surface area (Å²) in [5.74, 6) is 0.993. The number of nitrogens with zero attached hydrogens (tertiary/aromatic N) is 2. The maximum atomic E-state index is 13.4. The SMILES string of the molecule is CNC1CCCC1c1nc(-c2cc(F)cc(Br)c2)no1. The second-order valence-electron chi connectivity index (χ2n) is 5.05. The van der Waals surface area contributed by atoms with Gasteiger partial charge in [0.15, 0.2) is 0 Å². The number of nitrogens with one attached hydrogen (secondary N) is 1. The van der Waals surface area contributed by atoms with E-state index in [1.54, 1.807) is 6.07 Å². The monoisotopic (exact) mass is 339 g/mol. The Bertz CT molecular complexity index is 596. The van der Waals surface area contributed by atoms with E-state index in [4.69, 9.17) is 4.52 Å². The Morgan fingerprint density at radius 1 is 1.35 bits per heavy atom. The molecule has 1 aromatic carbocycles. The highest BCUT2D eigenvalue weighted by Crippen LogP contribution is 2.34. The average Bonchev–Trinajstić information content (AvgIpc) is 3.06. The summed E-state index contributed by atoms with van der Waals surface area (Å²) in [6, 6.07) is 4.96. The number of aromatic nitrogens is 2. The van der Waals surface area contributed by atoms with E-state index in [-0.39, 0.29) is 11.7 Å². The Morgan fingerprint density at radius 3 is 2.95 bits per heavy atom. The minimum absolute atomic E-state index is 0.248. The van der Waals surface area contributed by atoms with Crippen molar-refractivity contribution in [1.82, 2.24) is 15.5 Å². The Kier molecular flexibility index (Phi) is 3.85. The fourth-order valence-electron chi connectivity index (χ4n) is 2.79. The van der Waals surface area contributed by atoms with Crippen LogP contribution in [0.15, 0.2) is 27.2 Å². The highest BCUT2D eigenvalue weighted by atomic mass is 79.9. The molecular weight excluding hydrogens is 325 g/mol. The number of hydrogen-bond donors (Lipinski definition) is 1. The molecule has 0 amide bonds. The summed E-state index contributed by atoms with van der Waals surface area (Å²) in [7, 11) is 1.95. The quantitative estimate of drug-likeness (QED) is 0.929. The molecule has 0 spiro atoms. The van der Waals surface area contributed by atoms with E-state index in [9.17, 15) is 4.39 Å². The molecule has 0 radical (unpaired) electrons. The van der Waals surface area contributed by atoms with Crippen LogP contribution in [0.4, 0.5) is 4.39 Å². The van der Waals surface area contributed by atoms with E-state index >= 15 is 0 Å². The molecule has 6 heteroatoms. The zero-order valence-electron chi connectivity index (χ0n) is 11.1. The number of likely N-dealkylation sites (N-methyl/N-ethyl adjacent to an activating group) is 1. The molecule has 1 heterocycles. The van der Waals surface area contributed by atoms with Gasteiger partial charge in [0.05, 0.1) is 5.92 Å². The predicted octanol–water partition coefficient (Wildman–Crippen LogP) is 3.49. The molecule has 1 aromatic heterocycles. The largest absolute Gasteiger partial charge is 0.339 e. The molecule has 106 valence electrons. The molecule has 2 unspecified atom stereocenters. The van der Waals surface area contributed by atoms with Crippen LogP contribution < -0.4 is 5.32 Å². The van der Waals surface area contributed by atoms with Crippen molar-refractivity contribution in [2.75, 3.05) is 7.05 Å². The fourth-order valence-corrected chi connectivity index (χ4v) is 3.25. The molecule has 1 saturated carbocycles. The average molecular weight is 340 g/mol. The third-order valence-electron chi connectivity index (χ3n) is 3.77. The summed E-state index contributed by atoms with van der Waals surface area (Å²) in [5.41, 5.74) is 0.617. The zero-order valence-corrected chi connectivity index (χ0v) is 12.7. The first-order valence-corrected chi connectivity index (χ1v) is 7.44. The van der Waals surface area contributed by atoms with Crippen LogP contribution in [0.3, 0.4) is 0 Å². The van der Waals surface area contributed by atoms with E-state index in [1.807, 2.05) is 7.05 Å². The van der Waals surface area contributed by atoms with Crippen LogP contribution in [-0.2, 0) is 0 Å². The molecule has 0 aliphatic heterocycles. The standard InChI is InChI=1S/C14H15BrFN3O/c1-17-12-4-2-3-11(12)14-18-13(19-20-14)8-5-9(15)7-10(16)6-8/h5-7,11-12,17H,2-4H2,1H3. The van der Waals surface area contributed by atoms with Crippen molar-refractivity contribution in [2.45, 2.75) is 31.2 Å². The van der Waals surface area contributed by atoms with Gasteiger partial charge in [0.1, 0.15) is 5.82 Å². The molecule has 1 fully saturated rings. The summed E-state index contributed by atoms with van der Waals surface area (Å²) in [6.07, 6.45) is 3.31. The zero-order chi connectivity index (χ0) is 14.1. The van der Waals surface area contributed by atoms with Gasteiger partial charge in [-0.1, -0.05) is 27.5 Å². The highest BCUT2D eigenvalue weighted by molar-refractivity contribution is 9.10. The van der Waals surface area contributed by atoms with Gasteiger partial charge in [0, 0.05) is 16.1 Å². The molecule has 3 rings (SSSR count). The van der Waals surface area contributed by atoms with Crippen LogP contribution in [0.2, 0.25) is 0 Å². The Labute approximate surface area is 124 Å². The van der Waals surface area contributed by atoms with Crippen LogP contribution in [0.5, 0.6) is 0 Å². The third kappa shape index (κ3) is 2.62. The molecule has 0 saturated heterocycles. The Balaban J connectivity index is 1.90. The molecule has 2 aromatic rings. The fraction of sp³-hybridized carbons (Fsp3) is 0.429. The molecule has 1 N–H and O–H groups in total. The van der Waals surface area contributed by atoms with Gasteiger partial charge in [-0.3, -0.25) is 0 Å². The normalized spacial score (nSPS) is 22.4. The molecular formula is C14H15BrFN3O. The summed E-state index contributed by atoms with van der Waals surface area (Å²) in [6.45, 7) is 0. The summed E-state index contributed by atoms with van der Waals surface area (Å²) in [4.78, 5) is 4.44. The maximum absolute atomic E-state index is 13.4. The van der Waals surface area contributed by atoms with Gasteiger partial charge in [-0.25, -0.2) is 4.39 Å². The van der Waals surface area contributed by atoms with Crippen LogP contribution >= 0.6 is 15.9 Å². The van der Waals surface area contributed by atoms with Crippen LogP contribution in [-0.4, -0.2) is 23.2 Å². The Hall–Kier alpha value is -1.27. The minimum Gasteiger partial charge on any atom is -0.339 e. The van der Waals surface area contributed by atoms with Crippen molar-refractivity contribution in [2.24, 2.45) is 0 Å². The smallest absolute Gasteiger partial charge is 0.231 e. The van der Waals surface area contributed by atoms with Crippen molar-refractivity contribution in [3.8, 4) is 11.4 Å². The van der Waals surface area contributed by atoms with Gasteiger partial charge < -0.3 is 9.84 Å². The van der Waals surface area contributed by atoms with E-state index in [2.05, 4.69) is 31.4 Å². The van der Waals surface area contributed by atoms with Gasteiger partial charge in [0.2, 0.25) is 11.7 Å². The van der Waals surface area contributed by atoms with E-state index in [1.165, 1.54) is 12.1 Å². The molecule has 4 nitrogen and oxygen atoms in total. The van der Waals surface area contributed by atoms with E-state index in [0.717, 1.165) is 19.3 Å². The maximum Gasteiger partial charge on any atom is 0.231 e. The van der Waals surface area contributed by atoms with E-state index in [0.29, 0.717) is 27.8 Å². The van der Waals surface area contributed by atoms with Crippen molar-refractivity contribution >= 4 is 15.9 Å². The first-order valence-electron chi connectivity index (χ1n) is 6.64. The molecule has 1 aliphatic carbocycles. The van der Waals surface area contributed by atoms with Crippen molar-refractivity contribution in [3.63, 3.8) is 0 Å². The summed E-state index contributed by atoms with van der Waals surface area (Å²) in [5, 5.41) is 7.27. The van der Waals surface area contributed by atoms with Gasteiger partial charge in [-0.2, -0.15) is 4.98 Å². The van der Waals surface area contributed by atoms with Crippen LogP contribution in [0.25, 0.3) is 11.4 Å². The molecule has 1 aliphatic rings. The number of halogens is 2. The number of rotatable bonds is 3. The van der Waals surface area contributed by atoms with Gasteiger partial charge in [0.25, 0.3) is 0 Å². The lowest BCUT2D eigenvalue weighted by atomic mass is 10.0. The van der Waals surface area contributed by atoms with Crippen LogP contribution in [0, 0.1) is 5.82 Å². The van der Waals surface area contributed by atoms with Gasteiger partial charge >= 0.3 is 0 Å². The summed E-state index contributed by atoms with van der Waals surface area (Å²) < 4.78 is 19.4. The lowest BCUT2D eigenvalue weighted by molar-refractivity contribution is 0.335. The number of hydrogen-bond acceptors (Lipinski definition) is 4. The second kappa shape index (κ2) is 5.61. The van der Waals surface area contributed by atoms with Gasteiger partial charge in [-0.05, 0) is 38.1 Å². The molecule has 0 bridgehead atoms. The first-order chi connectivity index (χ1) is 9.67. The molecule has 20 heavy (non-hydrogen) atoms. The second-order valence-corrected chi connectivity index (χ2v) is 5.96. The minimum atomic E-state index is -0.324. The van der Waals surface area contributed by atoms with Crippen molar-refractivity contribution in [1.29, 1.82) is 0 Å². The lowest BCUT2D eigenvalue weighted by Crippen LogP contribution is -2.27. The lowest BCUT2D eigenvalue weighted by Gasteiger charge is -2.14. The van der Waals surface area contributed by atoms with E-state index < -0.39 is 0 Å². The summed E-state index contributed by atoms with van der Waals surface area (Å²) >= 11 is 3.27. The molecule has 2 atom stereocenters. The predicted molar refractivity (Wildman–Crippen MR) is 76.8 cm³/mol. The van der Waals surface area contributed by atoms with Crippen molar-refractivity contribution in [3.05, 3.63) is 34.4 Å². The van der Waals surface area contributed by atoms with Gasteiger partial charge in [-0.15, -0.1) is 0 Å².